The van der Waals surface area contributed by atoms with Gasteiger partial charge in [0, 0.05) is 29.8 Å². The van der Waals surface area contributed by atoms with Gasteiger partial charge >= 0.3 is 0 Å². The molecule has 0 bridgehead atoms. The first-order valence-corrected chi connectivity index (χ1v) is 7.17. The van der Waals surface area contributed by atoms with Gasteiger partial charge in [0.15, 0.2) is 0 Å². The Morgan fingerprint density at radius 2 is 1.89 bits per heavy atom. The minimum atomic E-state index is 0.280. The number of hydrogen-bond donors (Lipinski definition) is 1. The van der Waals surface area contributed by atoms with Crippen molar-refractivity contribution in [2.75, 3.05) is 6.54 Å². The van der Waals surface area contributed by atoms with Crippen LogP contribution in [-0.2, 0) is 5.41 Å². The summed E-state index contributed by atoms with van der Waals surface area (Å²) in [4.78, 5) is 0. The van der Waals surface area contributed by atoms with Crippen LogP contribution in [0.5, 0.6) is 0 Å². The van der Waals surface area contributed by atoms with Crippen LogP contribution < -0.4 is 5.73 Å². The van der Waals surface area contributed by atoms with Crippen molar-refractivity contribution in [3.05, 3.63) is 47.8 Å². The number of hydrogen-bond acceptors (Lipinski definition) is 2. The van der Waals surface area contributed by atoms with Crippen LogP contribution in [0.2, 0.25) is 0 Å². The van der Waals surface area contributed by atoms with E-state index in [9.17, 15) is 0 Å². The lowest BCUT2D eigenvalue weighted by atomic mass is 9.96. The zero-order chi connectivity index (χ0) is 12.9. The molecule has 0 atom stereocenters. The van der Waals surface area contributed by atoms with E-state index in [1.807, 2.05) is 6.20 Å². The Morgan fingerprint density at radius 1 is 1.16 bits per heavy atom. The van der Waals surface area contributed by atoms with Gasteiger partial charge in [0.2, 0.25) is 0 Å². The first kappa shape index (κ1) is 11.2. The van der Waals surface area contributed by atoms with Crippen molar-refractivity contribution < 1.29 is 0 Å². The van der Waals surface area contributed by atoms with Crippen molar-refractivity contribution in [2.45, 2.75) is 37.0 Å². The molecule has 0 saturated heterocycles. The Bertz CT molecular complexity index is 589. The predicted octanol–water partition coefficient (Wildman–Crippen LogP) is 2.74. The normalized spacial score (nSPS) is 20.5. The molecule has 3 nitrogen and oxygen atoms in total. The molecule has 1 heterocycles. The fourth-order valence-corrected chi connectivity index (χ4v) is 2.94. The lowest BCUT2D eigenvalue weighted by Gasteiger charge is -2.14. The van der Waals surface area contributed by atoms with E-state index in [-0.39, 0.29) is 5.41 Å². The van der Waals surface area contributed by atoms with Crippen molar-refractivity contribution in [3.8, 4) is 5.69 Å². The first-order chi connectivity index (χ1) is 9.32. The molecular formula is C16H19N3. The molecule has 0 unspecified atom stereocenters. The molecule has 0 radical (unpaired) electrons. The van der Waals surface area contributed by atoms with Gasteiger partial charge in [0.05, 0.1) is 5.69 Å². The van der Waals surface area contributed by atoms with E-state index in [1.54, 1.807) is 0 Å². The smallest absolute Gasteiger partial charge is 0.0649 e. The molecule has 1 aromatic heterocycles. The predicted molar refractivity (Wildman–Crippen MR) is 75.5 cm³/mol. The Labute approximate surface area is 113 Å². The molecule has 0 amide bonds. The highest BCUT2D eigenvalue weighted by molar-refractivity contribution is 5.41. The lowest BCUT2D eigenvalue weighted by Crippen LogP contribution is -2.19. The van der Waals surface area contributed by atoms with Gasteiger partial charge in [-0.05, 0) is 49.4 Å². The Hall–Kier alpha value is -1.61. The second-order valence-corrected chi connectivity index (χ2v) is 5.97. The molecule has 2 N–H and O–H groups in total. The maximum Gasteiger partial charge on any atom is 0.0649 e. The van der Waals surface area contributed by atoms with Crippen LogP contribution in [0, 0.1) is 0 Å². The van der Waals surface area contributed by atoms with Gasteiger partial charge in [-0.15, -0.1) is 0 Å². The van der Waals surface area contributed by atoms with Crippen LogP contribution in [0.4, 0.5) is 0 Å². The van der Waals surface area contributed by atoms with E-state index in [0.29, 0.717) is 0 Å². The second kappa shape index (κ2) is 3.94. The van der Waals surface area contributed by atoms with Gasteiger partial charge in [-0.1, -0.05) is 12.1 Å². The lowest BCUT2D eigenvalue weighted by molar-refractivity contribution is 0.703. The van der Waals surface area contributed by atoms with Crippen molar-refractivity contribution in [1.82, 2.24) is 9.78 Å². The van der Waals surface area contributed by atoms with Gasteiger partial charge < -0.3 is 5.73 Å². The van der Waals surface area contributed by atoms with Crippen LogP contribution in [0.25, 0.3) is 5.69 Å². The topological polar surface area (TPSA) is 43.8 Å². The molecule has 0 spiro atoms. The third kappa shape index (κ3) is 1.80. The zero-order valence-electron chi connectivity index (χ0n) is 11.0. The van der Waals surface area contributed by atoms with Crippen molar-refractivity contribution >= 4 is 0 Å². The first-order valence-electron chi connectivity index (χ1n) is 7.17. The van der Waals surface area contributed by atoms with Crippen molar-refractivity contribution in [3.63, 3.8) is 0 Å². The van der Waals surface area contributed by atoms with E-state index in [4.69, 9.17) is 5.73 Å². The summed E-state index contributed by atoms with van der Waals surface area (Å²) < 4.78 is 2.09. The highest BCUT2D eigenvalue weighted by atomic mass is 15.3. The molecule has 2 aliphatic rings. The van der Waals surface area contributed by atoms with Crippen LogP contribution >= 0.6 is 0 Å². The van der Waals surface area contributed by atoms with Crippen molar-refractivity contribution in [2.24, 2.45) is 5.73 Å². The maximum atomic E-state index is 5.89. The van der Waals surface area contributed by atoms with E-state index >= 15 is 0 Å². The summed E-state index contributed by atoms with van der Waals surface area (Å²) in [5, 5.41) is 4.47. The van der Waals surface area contributed by atoms with Crippen LogP contribution in [0.1, 0.15) is 42.9 Å². The fraction of sp³-hybridized carbons (Fsp3) is 0.438. The second-order valence-electron chi connectivity index (χ2n) is 5.97. The molecule has 2 saturated carbocycles. The van der Waals surface area contributed by atoms with E-state index in [2.05, 4.69) is 40.1 Å². The Balaban J connectivity index is 1.67. The molecule has 2 aromatic rings. The molecule has 2 aliphatic carbocycles. The zero-order valence-corrected chi connectivity index (χ0v) is 11.0. The van der Waals surface area contributed by atoms with E-state index < -0.39 is 0 Å². The van der Waals surface area contributed by atoms with Crippen molar-refractivity contribution in [1.29, 1.82) is 0 Å². The minimum absolute atomic E-state index is 0.280. The SMILES string of the molecule is NCC1(c2ccc(-n3nccc3C3CC3)cc2)CC1. The standard InChI is InChI=1S/C16H19N3/c17-11-16(8-9-16)13-3-5-14(6-4-13)19-15(7-10-18-19)12-1-2-12/h3-7,10,12H,1-2,8-9,11,17H2. The molecule has 1 aromatic carbocycles. The van der Waals surface area contributed by atoms with Gasteiger partial charge in [0.25, 0.3) is 0 Å². The number of nitrogens with zero attached hydrogens (tertiary/aromatic N) is 2. The number of aromatic nitrogens is 2. The largest absolute Gasteiger partial charge is 0.330 e. The van der Waals surface area contributed by atoms with E-state index in [0.717, 1.165) is 12.5 Å². The number of nitrogens with two attached hydrogens (primary N) is 1. The fourth-order valence-electron chi connectivity index (χ4n) is 2.94. The summed E-state index contributed by atoms with van der Waals surface area (Å²) >= 11 is 0. The monoisotopic (exact) mass is 253 g/mol. The average Bonchev–Trinajstić information content (AvgIpc) is 3.38. The highest BCUT2D eigenvalue weighted by Gasteiger charge is 2.42. The van der Waals surface area contributed by atoms with Crippen LogP contribution in [0.15, 0.2) is 36.5 Å². The van der Waals surface area contributed by atoms with Crippen LogP contribution in [-0.4, -0.2) is 16.3 Å². The van der Waals surface area contributed by atoms with Gasteiger partial charge in [-0.2, -0.15) is 5.10 Å². The molecule has 2 fully saturated rings. The van der Waals surface area contributed by atoms with Crippen LogP contribution in [0.3, 0.4) is 0 Å². The Kier molecular flexibility index (Phi) is 2.33. The quantitative estimate of drug-likeness (QED) is 0.910. The summed E-state index contributed by atoms with van der Waals surface area (Å²) in [6.45, 7) is 0.765. The van der Waals surface area contributed by atoms with Gasteiger partial charge in [0.1, 0.15) is 0 Å². The molecule has 0 aliphatic heterocycles. The Morgan fingerprint density at radius 3 is 2.47 bits per heavy atom. The third-order valence-corrected chi connectivity index (χ3v) is 4.64. The number of rotatable bonds is 4. The van der Waals surface area contributed by atoms with E-state index in [1.165, 1.54) is 42.6 Å². The third-order valence-electron chi connectivity index (χ3n) is 4.64. The molecule has 3 heteroatoms. The summed E-state index contributed by atoms with van der Waals surface area (Å²) in [7, 11) is 0. The summed E-state index contributed by atoms with van der Waals surface area (Å²) in [6, 6.07) is 11.0. The highest BCUT2D eigenvalue weighted by Crippen LogP contribution is 2.47. The average molecular weight is 253 g/mol. The molecule has 98 valence electrons. The summed E-state index contributed by atoms with van der Waals surface area (Å²) in [6.07, 6.45) is 6.99. The molecular weight excluding hydrogens is 234 g/mol. The number of benzene rings is 1. The van der Waals surface area contributed by atoms with Gasteiger partial charge in [-0.25, -0.2) is 4.68 Å². The summed E-state index contributed by atoms with van der Waals surface area (Å²) in [5.41, 5.74) is 10.1. The maximum absolute atomic E-state index is 5.89. The van der Waals surface area contributed by atoms with Gasteiger partial charge in [-0.3, -0.25) is 0 Å². The summed E-state index contributed by atoms with van der Waals surface area (Å²) in [5.74, 6) is 0.723. The molecule has 4 rings (SSSR count). The molecule has 19 heavy (non-hydrogen) atoms. The minimum Gasteiger partial charge on any atom is -0.330 e.